The average molecular weight is 260 g/mol. The lowest BCUT2D eigenvalue weighted by Gasteiger charge is -2.22. The molecule has 1 fully saturated rings. The maximum Gasteiger partial charge on any atom is 0.157 e. The summed E-state index contributed by atoms with van der Waals surface area (Å²) in [6, 6.07) is 9.65. The van der Waals surface area contributed by atoms with E-state index in [0.717, 1.165) is 31.4 Å². The molecule has 1 unspecified atom stereocenters. The summed E-state index contributed by atoms with van der Waals surface area (Å²) >= 11 is 0. The van der Waals surface area contributed by atoms with E-state index in [0.29, 0.717) is 13.0 Å². The van der Waals surface area contributed by atoms with Crippen LogP contribution in [0.3, 0.4) is 0 Å². The molecule has 1 aliphatic rings. The molecule has 0 aliphatic carbocycles. The van der Waals surface area contributed by atoms with Gasteiger partial charge in [-0.2, -0.15) is 0 Å². The summed E-state index contributed by atoms with van der Waals surface area (Å²) in [5.74, 6) is 5.77. The topological polar surface area (TPSA) is 38.7 Å². The van der Waals surface area contributed by atoms with Crippen molar-refractivity contribution in [2.45, 2.75) is 38.1 Å². The van der Waals surface area contributed by atoms with Gasteiger partial charge in [-0.1, -0.05) is 30.0 Å². The van der Waals surface area contributed by atoms with Gasteiger partial charge >= 0.3 is 0 Å². The zero-order valence-corrected chi connectivity index (χ0v) is 11.0. The van der Waals surface area contributed by atoms with E-state index in [-0.39, 0.29) is 6.29 Å². The molecule has 1 heterocycles. The highest BCUT2D eigenvalue weighted by molar-refractivity contribution is 5.34. The molecule has 0 spiro atoms. The van der Waals surface area contributed by atoms with Crippen molar-refractivity contribution in [3.8, 4) is 11.8 Å². The highest BCUT2D eigenvalue weighted by atomic mass is 16.7. The van der Waals surface area contributed by atoms with E-state index in [1.54, 1.807) is 0 Å². The Morgan fingerprint density at radius 3 is 2.89 bits per heavy atom. The van der Waals surface area contributed by atoms with Crippen molar-refractivity contribution in [3.63, 3.8) is 0 Å². The van der Waals surface area contributed by atoms with Crippen LogP contribution < -0.4 is 0 Å². The number of hydrogen-bond acceptors (Lipinski definition) is 3. The second kappa shape index (κ2) is 7.96. The van der Waals surface area contributed by atoms with Gasteiger partial charge < -0.3 is 14.6 Å². The molecule has 2 atom stereocenters. The molecule has 1 aliphatic heterocycles. The Morgan fingerprint density at radius 1 is 1.32 bits per heavy atom. The lowest BCUT2D eigenvalue weighted by molar-refractivity contribution is -0.164. The van der Waals surface area contributed by atoms with Crippen molar-refractivity contribution in [3.05, 3.63) is 35.9 Å². The van der Waals surface area contributed by atoms with Gasteiger partial charge in [-0.15, -0.1) is 0 Å². The normalized spacial score (nSPS) is 20.4. The Kier molecular flexibility index (Phi) is 5.90. The Hall–Kier alpha value is -1.34. The van der Waals surface area contributed by atoms with Crippen molar-refractivity contribution in [2.75, 3.05) is 13.2 Å². The fourth-order valence-electron chi connectivity index (χ4n) is 1.91. The largest absolute Gasteiger partial charge is 0.380 e. The van der Waals surface area contributed by atoms with Crippen molar-refractivity contribution in [1.82, 2.24) is 0 Å². The first-order chi connectivity index (χ1) is 9.34. The van der Waals surface area contributed by atoms with Gasteiger partial charge in [-0.3, -0.25) is 0 Å². The lowest BCUT2D eigenvalue weighted by atomic mass is 10.2. The minimum atomic E-state index is -0.649. The van der Waals surface area contributed by atoms with Crippen LogP contribution in [0, 0.1) is 11.8 Å². The first-order valence-electron chi connectivity index (χ1n) is 6.82. The molecule has 1 saturated heterocycles. The molecule has 3 nitrogen and oxygen atoms in total. The maximum absolute atomic E-state index is 9.75. The van der Waals surface area contributed by atoms with Crippen LogP contribution in [0.25, 0.3) is 0 Å². The SMILES string of the molecule is O[C@H](C#Cc1ccccc1)CCOC1CCCCO1. The lowest BCUT2D eigenvalue weighted by Crippen LogP contribution is -2.23. The molecule has 1 aromatic rings. The van der Waals surface area contributed by atoms with Gasteiger partial charge in [-0.25, -0.2) is 0 Å². The number of aliphatic hydroxyl groups excluding tert-OH is 1. The van der Waals surface area contributed by atoms with E-state index in [1.165, 1.54) is 0 Å². The summed E-state index contributed by atoms with van der Waals surface area (Å²) in [7, 11) is 0. The smallest absolute Gasteiger partial charge is 0.157 e. The Balaban J connectivity index is 1.67. The van der Waals surface area contributed by atoms with Crippen LogP contribution in [-0.2, 0) is 9.47 Å². The van der Waals surface area contributed by atoms with E-state index in [1.807, 2.05) is 30.3 Å². The van der Waals surface area contributed by atoms with Gasteiger partial charge in [0, 0.05) is 18.6 Å². The van der Waals surface area contributed by atoms with Gasteiger partial charge in [0.2, 0.25) is 0 Å². The second-order valence-corrected chi connectivity index (χ2v) is 4.61. The van der Waals surface area contributed by atoms with Crippen LogP contribution in [0.15, 0.2) is 30.3 Å². The first kappa shape index (κ1) is 14.1. The summed E-state index contributed by atoms with van der Waals surface area (Å²) in [6.45, 7) is 1.26. The fourth-order valence-corrected chi connectivity index (χ4v) is 1.91. The molecule has 1 aromatic carbocycles. The predicted octanol–water partition coefficient (Wildman–Crippen LogP) is 2.33. The monoisotopic (exact) mass is 260 g/mol. The van der Waals surface area contributed by atoms with E-state index in [4.69, 9.17) is 9.47 Å². The third kappa shape index (κ3) is 5.44. The minimum Gasteiger partial charge on any atom is -0.380 e. The quantitative estimate of drug-likeness (QED) is 0.844. The van der Waals surface area contributed by atoms with Crippen molar-refractivity contribution >= 4 is 0 Å². The van der Waals surface area contributed by atoms with E-state index < -0.39 is 6.10 Å². The zero-order chi connectivity index (χ0) is 13.3. The summed E-state index contributed by atoms with van der Waals surface area (Å²) in [5.41, 5.74) is 0.915. The highest BCUT2D eigenvalue weighted by Crippen LogP contribution is 2.13. The van der Waals surface area contributed by atoms with Crippen LogP contribution in [0.2, 0.25) is 0 Å². The third-order valence-corrected chi connectivity index (χ3v) is 2.99. The van der Waals surface area contributed by atoms with Gasteiger partial charge in [0.1, 0.15) is 6.10 Å². The molecule has 0 amide bonds. The van der Waals surface area contributed by atoms with Gasteiger partial charge in [0.05, 0.1) is 6.61 Å². The maximum atomic E-state index is 9.75. The Bertz CT molecular complexity index is 413. The van der Waals surface area contributed by atoms with Gasteiger partial charge in [-0.05, 0) is 31.4 Å². The van der Waals surface area contributed by atoms with E-state index in [2.05, 4.69) is 11.8 Å². The molecule has 1 N–H and O–H groups in total. The zero-order valence-electron chi connectivity index (χ0n) is 11.0. The molecule has 0 bridgehead atoms. The van der Waals surface area contributed by atoms with Crippen molar-refractivity contribution in [2.24, 2.45) is 0 Å². The Labute approximate surface area is 114 Å². The summed E-state index contributed by atoms with van der Waals surface area (Å²) in [6.07, 6.45) is 2.99. The molecule has 3 heteroatoms. The molecular formula is C16H20O3. The molecule has 2 rings (SSSR count). The van der Waals surface area contributed by atoms with Crippen LogP contribution in [0.1, 0.15) is 31.2 Å². The van der Waals surface area contributed by atoms with Gasteiger partial charge in [0.25, 0.3) is 0 Å². The summed E-state index contributed by atoms with van der Waals surface area (Å²) in [5, 5.41) is 9.75. The van der Waals surface area contributed by atoms with Crippen LogP contribution in [0.4, 0.5) is 0 Å². The second-order valence-electron chi connectivity index (χ2n) is 4.61. The number of ether oxygens (including phenoxy) is 2. The molecule has 0 aromatic heterocycles. The van der Waals surface area contributed by atoms with Crippen LogP contribution >= 0.6 is 0 Å². The first-order valence-corrected chi connectivity index (χ1v) is 6.82. The summed E-state index contributed by atoms with van der Waals surface area (Å²) < 4.78 is 11.0. The number of benzene rings is 1. The number of hydrogen-bond donors (Lipinski definition) is 1. The van der Waals surface area contributed by atoms with E-state index >= 15 is 0 Å². The number of aliphatic hydroxyl groups is 1. The highest BCUT2D eigenvalue weighted by Gasteiger charge is 2.13. The standard InChI is InChI=1S/C16H20O3/c17-15(10-9-14-6-2-1-3-7-14)11-13-19-16-8-4-5-12-18-16/h1-3,6-7,15-17H,4-5,8,11-13H2/t15-,16?/m1/s1. The molecule has 0 radical (unpaired) electrons. The fraction of sp³-hybridized carbons (Fsp3) is 0.500. The number of rotatable bonds is 4. The van der Waals surface area contributed by atoms with Crippen LogP contribution in [-0.4, -0.2) is 30.7 Å². The molecular weight excluding hydrogens is 240 g/mol. The third-order valence-electron chi connectivity index (χ3n) is 2.99. The van der Waals surface area contributed by atoms with Crippen LogP contribution in [0.5, 0.6) is 0 Å². The van der Waals surface area contributed by atoms with Crippen molar-refractivity contribution in [1.29, 1.82) is 0 Å². The molecule has 102 valence electrons. The molecule has 19 heavy (non-hydrogen) atoms. The van der Waals surface area contributed by atoms with Crippen molar-refractivity contribution < 1.29 is 14.6 Å². The minimum absolute atomic E-state index is 0.0944. The van der Waals surface area contributed by atoms with Gasteiger partial charge in [0.15, 0.2) is 6.29 Å². The summed E-state index contributed by atoms with van der Waals surface area (Å²) in [4.78, 5) is 0. The average Bonchev–Trinajstić information content (AvgIpc) is 2.47. The Morgan fingerprint density at radius 2 is 2.16 bits per heavy atom. The molecule has 0 saturated carbocycles. The van der Waals surface area contributed by atoms with E-state index in [9.17, 15) is 5.11 Å². The predicted molar refractivity (Wildman–Crippen MR) is 73.5 cm³/mol.